The second-order valence-electron chi connectivity index (χ2n) is 3.78. The molecule has 3 nitrogen and oxygen atoms in total. The Hall–Kier alpha value is -0.610. The van der Waals surface area contributed by atoms with Gasteiger partial charge in [-0.2, -0.15) is 11.8 Å². The molecule has 16 heavy (non-hydrogen) atoms. The Kier molecular flexibility index (Phi) is 5.77. The second kappa shape index (κ2) is 6.86. The number of aromatic nitrogens is 2. The van der Waals surface area contributed by atoms with Crippen molar-refractivity contribution in [1.29, 1.82) is 0 Å². The summed E-state index contributed by atoms with van der Waals surface area (Å²) in [4.78, 5) is 9.13. The first-order chi connectivity index (χ1) is 7.69. The molecule has 0 aliphatic carbocycles. The van der Waals surface area contributed by atoms with E-state index in [0.29, 0.717) is 0 Å². The highest BCUT2D eigenvalue weighted by atomic mass is 32.2. The Morgan fingerprint density at radius 2 is 1.81 bits per heavy atom. The highest BCUT2D eigenvalue weighted by Gasteiger charge is 2.07. The maximum absolute atomic E-state index is 4.56. The molecule has 1 aromatic heterocycles. The summed E-state index contributed by atoms with van der Waals surface area (Å²) in [5, 5.41) is 3.16. The number of nitrogens with one attached hydrogen (secondary N) is 1. The zero-order valence-corrected chi connectivity index (χ0v) is 11.4. The third kappa shape index (κ3) is 3.76. The minimum Gasteiger partial charge on any atom is -0.319 e. The van der Waals surface area contributed by atoms with Crippen LogP contribution in [-0.4, -0.2) is 29.3 Å². The normalized spacial score (nSPS) is 10.8. The molecule has 0 aromatic carbocycles. The molecule has 0 saturated heterocycles. The van der Waals surface area contributed by atoms with Gasteiger partial charge in [0.05, 0.1) is 5.75 Å². The van der Waals surface area contributed by atoms with Gasteiger partial charge < -0.3 is 5.32 Å². The van der Waals surface area contributed by atoms with E-state index in [1.165, 1.54) is 5.56 Å². The van der Waals surface area contributed by atoms with Gasteiger partial charge in [0.2, 0.25) is 0 Å². The predicted molar refractivity (Wildman–Crippen MR) is 71.0 cm³/mol. The number of hydrogen-bond acceptors (Lipinski definition) is 4. The lowest BCUT2D eigenvalue weighted by Crippen LogP contribution is -2.14. The number of likely N-dealkylation sites (N-methyl/N-ethyl adjacent to an activating group) is 1. The van der Waals surface area contributed by atoms with Crippen LogP contribution in [0.2, 0.25) is 0 Å². The summed E-state index contributed by atoms with van der Waals surface area (Å²) >= 11 is 1.86. The molecule has 0 bridgehead atoms. The van der Waals surface area contributed by atoms with Crippen LogP contribution in [0.1, 0.15) is 29.7 Å². The quantitative estimate of drug-likeness (QED) is 0.825. The minimum absolute atomic E-state index is 0.921. The van der Waals surface area contributed by atoms with Crippen molar-refractivity contribution in [2.24, 2.45) is 0 Å². The summed E-state index contributed by atoms with van der Waals surface area (Å²) in [6.45, 7) is 7.30. The van der Waals surface area contributed by atoms with Crippen LogP contribution in [0.15, 0.2) is 0 Å². The minimum atomic E-state index is 0.921. The van der Waals surface area contributed by atoms with Gasteiger partial charge in [0.15, 0.2) is 0 Å². The number of hydrogen-bond donors (Lipinski definition) is 1. The van der Waals surface area contributed by atoms with Crippen molar-refractivity contribution in [3.63, 3.8) is 0 Å². The van der Waals surface area contributed by atoms with Crippen LogP contribution in [0.25, 0.3) is 0 Å². The van der Waals surface area contributed by atoms with Crippen molar-refractivity contribution in [3.8, 4) is 0 Å². The van der Waals surface area contributed by atoms with Crippen LogP contribution in [-0.2, 0) is 12.2 Å². The molecule has 1 N–H and O–H groups in total. The lowest BCUT2D eigenvalue weighted by atomic mass is 10.1. The second-order valence-corrected chi connectivity index (χ2v) is 5.05. The standard InChI is InChI=1S/C12H21N3S/c1-5-16-8-12-14-9(2)11(6-7-13-4)10(3)15-12/h13H,5-8H2,1-4H3. The van der Waals surface area contributed by atoms with Crippen LogP contribution in [0.5, 0.6) is 0 Å². The van der Waals surface area contributed by atoms with Crippen molar-refractivity contribution in [1.82, 2.24) is 15.3 Å². The molecule has 0 fully saturated rings. The fourth-order valence-electron chi connectivity index (χ4n) is 1.68. The van der Waals surface area contributed by atoms with Crippen molar-refractivity contribution >= 4 is 11.8 Å². The van der Waals surface area contributed by atoms with Gasteiger partial charge in [0.25, 0.3) is 0 Å². The Balaban J connectivity index is 2.80. The van der Waals surface area contributed by atoms with Gasteiger partial charge >= 0.3 is 0 Å². The summed E-state index contributed by atoms with van der Waals surface area (Å²) in [5.41, 5.74) is 3.56. The van der Waals surface area contributed by atoms with Gasteiger partial charge in [-0.15, -0.1) is 0 Å². The predicted octanol–water partition coefficient (Wildman–Crippen LogP) is 2.11. The first kappa shape index (κ1) is 13.5. The molecular formula is C12H21N3S. The summed E-state index contributed by atoms with van der Waals surface area (Å²) in [6.07, 6.45) is 1.01. The van der Waals surface area contributed by atoms with Crippen LogP contribution in [0.3, 0.4) is 0 Å². The van der Waals surface area contributed by atoms with Crippen LogP contribution < -0.4 is 5.32 Å². The summed E-state index contributed by atoms with van der Waals surface area (Å²) in [5.74, 6) is 3.00. The van der Waals surface area contributed by atoms with E-state index in [4.69, 9.17) is 0 Å². The fraction of sp³-hybridized carbons (Fsp3) is 0.667. The topological polar surface area (TPSA) is 37.8 Å². The van der Waals surface area contributed by atoms with Gasteiger partial charge in [0, 0.05) is 11.4 Å². The molecule has 0 aliphatic rings. The first-order valence-electron chi connectivity index (χ1n) is 5.74. The zero-order chi connectivity index (χ0) is 12.0. The van der Waals surface area contributed by atoms with E-state index in [9.17, 15) is 0 Å². The Morgan fingerprint density at radius 3 is 2.31 bits per heavy atom. The average molecular weight is 239 g/mol. The van der Waals surface area contributed by atoms with Crippen molar-refractivity contribution < 1.29 is 0 Å². The van der Waals surface area contributed by atoms with Crippen LogP contribution in [0.4, 0.5) is 0 Å². The van der Waals surface area contributed by atoms with E-state index in [0.717, 1.165) is 41.7 Å². The Morgan fingerprint density at radius 1 is 1.19 bits per heavy atom. The molecule has 0 atom stereocenters. The SMILES string of the molecule is CCSCc1nc(C)c(CCNC)c(C)n1. The number of rotatable bonds is 6. The van der Waals surface area contributed by atoms with Crippen molar-refractivity contribution in [2.75, 3.05) is 19.3 Å². The average Bonchev–Trinajstić information content (AvgIpc) is 2.25. The molecular weight excluding hydrogens is 218 g/mol. The molecule has 0 spiro atoms. The Bertz CT molecular complexity index is 316. The van der Waals surface area contributed by atoms with Crippen LogP contribution in [0, 0.1) is 13.8 Å². The molecule has 0 saturated carbocycles. The molecule has 1 rings (SSSR count). The molecule has 90 valence electrons. The van der Waals surface area contributed by atoms with E-state index in [2.05, 4.69) is 36.1 Å². The highest BCUT2D eigenvalue weighted by Crippen LogP contribution is 2.14. The monoisotopic (exact) mass is 239 g/mol. The third-order valence-corrected chi connectivity index (χ3v) is 3.40. The maximum atomic E-state index is 4.56. The van der Waals surface area contributed by atoms with E-state index in [1.807, 2.05) is 18.8 Å². The molecule has 1 aromatic rings. The van der Waals surface area contributed by atoms with Gasteiger partial charge in [-0.1, -0.05) is 6.92 Å². The van der Waals surface area contributed by atoms with E-state index in [1.54, 1.807) is 0 Å². The third-order valence-electron chi connectivity index (χ3n) is 2.53. The summed E-state index contributed by atoms with van der Waals surface area (Å²) in [7, 11) is 1.97. The molecule has 0 aliphatic heterocycles. The highest BCUT2D eigenvalue weighted by molar-refractivity contribution is 7.98. The number of nitrogens with zero attached hydrogens (tertiary/aromatic N) is 2. The molecule has 4 heteroatoms. The van der Waals surface area contributed by atoms with Crippen molar-refractivity contribution in [3.05, 3.63) is 22.8 Å². The van der Waals surface area contributed by atoms with Crippen LogP contribution >= 0.6 is 11.8 Å². The Labute approximate surface area is 102 Å². The lowest BCUT2D eigenvalue weighted by Gasteiger charge is -2.10. The molecule has 0 radical (unpaired) electrons. The van der Waals surface area contributed by atoms with E-state index >= 15 is 0 Å². The molecule has 1 heterocycles. The smallest absolute Gasteiger partial charge is 0.138 e. The van der Waals surface area contributed by atoms with E-state index < -0.39 is 0 Å². The van der Waals surface area contributed by atoms with Gasteiger partial charge in [-0.05, 0) is 45.2 Å². The number of aryl methyl sites for hydroxylation is 2. The maximum Gasteiger partial charge on any atom is 0.138 e. The number of thioether (sulfide) groups is 1. The van der Waals surface area contributed by atoms with Gasteiger partial charge in [-0.25, -0.2) is 9.97 Å². The largest absolute Gasteiger partial charge is 0.319 e. The molecule has 0 amide bonds. The van der Waals surface area contributed by atoms with Crippen molar-refractivity contribution in [2.45, 2.75) is 32.9 Å². The molecule has 0 unspecified atom stereocenters. The van der Waals surface area contributed by atoms with Gasteiger partial charge in [-0.3, -0.25) is 0 Å². The summed E-state index contributed by atoms with van der Waals surface area (Å²) in [6, 6.07) is 0. The first-order valence-corrected chi connectivity index (χ1v) is 6.89. The van der Waals surface area contributed by atoms with Gasteiger partial charge in [0.1, 0.15) is 5.82 Å². The zero-order valence-electron chi connectivity index (χ0n) is 10.6. The summed E-state index contributed by atoms with van der Waals surface area (Å²) < 4.78 is 0. The lowest BCUT2D eigenvalue weighted by molar-refractivity contribution is 0.769. The van der Waals surface area contributed by atoms with E-state index in [-0.39, 0.29) is 0 Å². The fourth-order valence-corrected chi connectivity index (χ4v) is 2.19.